The van der Waals surface area contributed by atoms with Crippen molar-refractivity contribution >= 4 is 17.5 Å². The summed E-state index contributed by atoms with van der Waals surface area (Å²) >= 11 is 0. The Kier molecular flexibility index (Phi) is 4.02. The van der Waals surface area contributed by atoms with Gasteiger partial charge in [-0.15, -0.1) is 0 Å². The monoisotopic (exact) mass is 310 g/mol. The van der Waals surface area contributed by atoms with Crippen LogP contribution in [0.2, 0.25) is 0 Å². The maximum atomic E-state index is 12.3. The summed E-state index contributed by atoms with van der Waals surface area (Å²) in [5, 5.41) is 2.77. The molecule has 2 aromatic carbocycles. The minimum Gasteiger partial charge on any atom is -0.477 e. The molecule has 2 aromatic rings. The van der Waals surface area contributed by atoms with Crippen molar-refractivity contribution < 1.29 is 14.3 Å². The highest BCUT2D eigenvalue weighted by Crippen LogP contribution is 2.32. The highest BCUT2D eigenvalue weighted by molar-refractivity contribution is 6.00. The van der Waals surface area contributed by atoms with Crippen molar-refractivity contribution in [1.82, 2.24) is 5.32 Å². The number of likely N-dealkylation sites (N-methyl/N-ethyl adjacent to an activating group) is 1. The summed E-state index contributed by atoms with van der Waals surface area (Å²) < 4.78 is 5.72. The summed E-state index contributed by atoms with van der Waals surface area (Å²) in [5.41, 5.74) is 2.32. The van der Waals surface area contributed by atoms with Crippen LogP contribution in [-0.2, 0) is 4.79 Å². The Morgan fingerprint density at radius 3 is 2.78 bits per heavy atom. The third kappa shape index (κ3) is 3.04. The highest BCUT2D eigenvalue weighted by Gasteiger charge is 2.32. The van der Waals surface area contributed by atoms with Gasteiger partial charge in [0.25, 0.3) is 11.8 Å². The minimum absolute atomic E-state index is 0.129. The molecule has 3 rings (SSSR count). The second-order valence-electron chi connectivity index (χ2n) is 5.55. The molecule has 0 aliphatic carbocycles. The van der Waals surface area contributed by atoms with Crippen LogP contribution in [0.25, 0.3) is 0 Å². The molecule has 0 saturated heterocycles. The van der Waals surface area contributed by atoms with E-state index in [-0.39, 0.29) is 18.4 Å². The maximum Gasteiger partial charge on any atom is 0.269 e. The van der Waals surface area contributed by atoms with E-state index < -0.39 is 6.10 Å². The summed E-state index contributed by atoms with van der Waals surface area (Å²) in [6, 6.07) is 14.7. The van der Waals surface area contributed by atoms with Crippen LogP contribution in [0.15, 0.2) is 48.5 Å². The molecule has 1 atom stereocenters. The van der Waals surface area contributed by atoms with Crippen LogP contribution < -0.4 is 15.0 Å². The quantitative estimate of drug-likeness (QED) is 0.945. The summed E-state index contributed by atoms with van der Waals surface area (Å²) in [4.78, 5) is 26.1. The molecule has 0 fully saturated rings. The van der Waals surface area contributed by atoms with E-state index in [0.29, 0.717) is 11.3 Å². The lowest BCUT2D eigenvalue weighted by atomic mass is 10.1. The van der Waals surface area contributed by atoms with Crippen LogP contribution in [0, 0.1) is 6.92 Å². The molecular weight excluding hydrogens is 292 g/mol. The molecular formula is C18H18N2O3. The molecule has 1 aliphatic rings. The predicted molar refractivity (Wildman–Crippen MR) is 87.8 cm³/mol. The van der Waals surface area contributed by atoms with Crippen molar-refractivity contribution in [3.63, 3.8) is 0 Å². The number of nitrogens with one attached hydrogen (secondary N) is 1. The average molecular weight is 310 g/mol. The van der Waals surface area contributed by atoms with E-state index in [1.165, 1.54) is 0 Å². The number of fused-ring (bicyclic) bond motifs is 1. The van der Waals surface area contributed by atoms with Crippen molar-refractivity contribution in [2.75, 3.05) is 18.5 Å². The van der Waals surface area contributed by atoms with Crippen molar-refractivity contribution in [2.45, 2.75) is 13.0 Å². The van der Waals surface area contributed by atoms with Gasteiger partial charge in [-0.05, 0) is 31.2 Å². The van der Waals surface area contributed by atoms with E-state index >= 15 is 0 Å². The lowest BCUT2D eigenvalue weighted by Crippen LogP contribution is -2.49. The first-order valence-electron chi connectivity index (χ1n) is 7.44. The van der Waals surface area contributed by atoms with Crippen LogP contribution in [0.3, 0.4) is 0 Å². The van der Waals surface area contributed by atoms with Crippen LogP contribution in [-0.4, -0.2) is 31.5 Å². The number of ether oxygens (including phenoxy) is 1. The van der Waals surface area contributed by atoms with Crippen LogP contribution in [0.1, 0.15) is 15.9 Å². The van der Waals surface area contributed by atoms with E-state index in [1.54, 1.807) is 24.1 Å². The van der Waals surface area contributed by atoms with Crippen molar-refractivity contribution in [3.05, 3.63) is 59.7 Å². The number of hydrogen-bond acceptors (Lipinski definition) is 3. The maximum absolute atomic E-state index is 12.3. The number of amides is 2. The minimum atomic E-state index is -0.719. The van der Waals surface area contributed by atoms with Gasteiger partial charge in [-0.3, -0.25) is 9.59 Å². The second kappa shape index (κ2) is 6.12. The van der Waals surface area contributed by atoms with Gasteiger partial charge in [-0.25, -0.2) is 0 Å². The molecule has 118 valence electrons. The van der Waals surface area contributed by atoms with Crippen LogP contribution in [0.5, 0.6) is 5.75 Å². The largest absolute Gasteiger partial charge is 0.477 e. The third-order valence-corrected chi connectivity index (χ3v) is 3.83. The molecule has 1 aliphatic heterocycles. The van der Waals surface area contributed by atoms with Gasteiger partial charge in [-0.2, -0.15) is 0 Å². The summed E-state index contributed by atoms with van der Waals surface area (Å²) in [6.45, 7) is 2.06. The first-order valence-corrected chi connectivity index (χ1v) is 7.44. The fourth-order valence-electron chi connectivity index (χ4n) is 2.58. The molecule has 0 saturated carbocycles. The Morgan fingerprint density at radius 2 is 2.00 bits per heavy atom. The fraction of sp³-hybridized carbons (Fsp3) is 0.222. The topological polar surface area (TPSA) is 58.6 Å². The van der Waals surface area contributed by atoms with Gasteiger partial charge in [0, 0.05) is 12.6 Å². The van der Waals surface area contributed by atoms with Gasteiger partial charge in [0.15, 0.2) is 6.10 Å². The number of hydrogen-bond donors (Lipinski definition) is 1. The smallest absolute Gasteiger partial charge is 0.269 e. The van der Waals surface area contributed by atoms with Gasteiger partial charge in [-0.1, -0.05) is 29.8 Å². The molecule has 23 heavy (non-hydrogen) atoms. The highest BCUT2D eigenvalue weighted by atomic mass is 16.5. The zero-order valence-corrected chi connectivity index (χ0v) is 13.1. The number of carbonyl (C=O) groups is 2. The molecule has 0 radical (unpaired) electrons. The third-order valence-electron chi connectivity index (χ3n) is 3.83. The standard InChI is InChI=1S/C18H18N2O3/c1-12-6-5-7-13(10-12)17(21)19-11-16-18(22)20(2)14-8-3-4-9-15(14)23-16/h3-10,16H,11H2,1-2H3,(H,19,21). The van der Waals surface area contributed by atoms with Gasteiger partial charge in [0.1, 0.15) is 5.75 Å². The number of aryl methyl sites for hydroxylation is 1. The summed E-state index contributed by atoms with van der Waals surface area (Å²) in [5.74, 6) is 0.254. The SMILES string of the molecule is Cc1cccc(C(=O)NCC2Oc3ccccc3N(C)C2=O)c1. The molecule has 5 heteroatoms. The zero-order valence-electron chi connectivity index (χ0n) is 13.1. The van der Waals surface area contributed by atoms with Crippen LogP contribution >= 0.6 is 0 Å². The van der Waals surface area contributed by atoms with Crippen molar-refractivity contribution in [1.29, 1.82) is 0 Å². The number of nitrogens with zero attached hydrogens (tertiary/aromatic N) is 1. The Morgan fingerprint density at radius 1 is 1.22 bits per heavy atom. The molecule has 1 unspecified atom stereocenters. The van der Waals surface area contributed by atoms with Gasteiger partial charge >= 0.3 is 0 Å². The number of anilines is 1. The Balaban J connectivity index is 1.69. The predicted octanol–water partition coefficient (Wildman–Crippen LogP) is 2.15. The number of benzene rings is 2. The Labute approximate surface area is 134 Å². The van der Waals surface area contributed by atoms with E-state index in [0.717, 1.165) is 11.3 Å². The number of carbonyl (C=O) groups excluding carboxylic acids is 2. The molecule has 0 spiro atoms. The normalized spacial score (nSPS) is 16.5. The lowest BCUT2D eigenvalue weighted by Gasteiger charge is -2.31. The lowest BCUT2D eigenvalue weighted by molar-refractivity contribution is -0.125. The Bertz CT molecular complexity index is 757. The van der Waals surface area contributed by atoms with Gasteiger partial charge in [0.2, 0.25) is 0 Å². The second-order valence-corrected chi connectivity index (χ2v) is 5.55. The fourth-order valence-corrected chi connectivity index (χ4v) is 2.58. The molecule has 1 N–H and O–H groups in total. The van der Waals surface area contributed by atoms with Gasteiger partial charge in [0.05, 0.1) is 12.2 Å². The molecule has 0 aromatic heterocycles. The van der Waals surface area contributed by atoms with Crippen LogP contribution in [0.4, 0.5) is 5.69 Å². The molecule has 2 amide bonds. The molecule has 1 heterocycles. The van der Waals surface area contributed by atoms with Crippen molar-refractivity contribution in [3.8, 4) is 5.75 Å². The van der Waals surface area contributed by atoms with E-state index in [4.69, 9.17) is 4.74 Å². The van der Waals surface area contributed by atoms with E-state index in [1.807, 2.05) is 43.3 Å². The summed E-state index contributed by atoms with van der Waals surface area (Å²) in [7, 11) is 1.71. The molecule has 0 bridgehead atoms. The number of para-hydroxylation sites is 2. The van der Waals surface area contributed by atoms with E-state index in [2.05, 4.69) is 5.32 Å². The average Bonchev–Trinajstić information content (AvgIpc) is 2.56. The van der Waals surface area contributed by atoms with Gasteiger partial charge < -0.3 is 15.0 Å². The first kappa shape index (κ1) is 15.1. The number of rotatable bonds is 3. The summed E-state index contributed by atoms with van der Waals surface area (Å²) in [6.07, 6.45) is -0.719. The van der Waals surface area contributed by atoms with E-state index in [9.17, 15) is 9.59 Å². The van der Waals surface area contributed by atoms with Crippen molar-refractivity contribution in [2.24, 2.45) is 0 Å². The zero-order chi connectivity index (χ0) is 16.4. The first-order chi connectivity index (χ1) is 11.1. The molecule has 5 nitrogen and oxygen atoms in total. The Hall–Kier alpha value is -2.82.